The van der Waals surface area contributed by atoms with Gasteiger partial charge in [0.15, 0.2) is 0 Å². The lowest BCUT2D eigenvalue weighted by molar-refractivity contribution is 0.540. The Balaban J connectivity index is 2.36. The van der Waals surface area contributed by atoms with Gasteiger partial charge in [0.05, 0.1) is 10.0 Å². The topological polar surface area (TPSA) is 46.2 Å². The van der Waals surface area contributed by atoms with E-state index in [0.717, 1.165) is 6.07 Å². The number of sulfonamides is 1. The Bertz CT molecular complexity index is 792. The fourth-order valence-electron chi connectivity index (χ4n) is 1.95. The first-order chi connectivity index (χ1) is 10.2. The molecular formula is C14H11Cl2F2NO2S. The van der Waals surface area contributed by atoms with Crippen LogP contribution in [0.3, 0.4) is 0 Å². The molecule has 0 aliphatic heterocycles. The molecule has 0 aromatic heterocycles. The summed E-state index contributed by atoms with van der Waals surface area (Å²) in [5.74, 6) is -1.59. The average Bonchev–Trinajstić information content (AvgIpc) is 2.36. The normalized spacial score (nSPS) is 13.1. The highest BCUT2D eigenvalue weighted by Gasteiger charge is 2.25. The van der Waals surface area contributed by atoms with Crippen molar-refractivity contribution in [2.24, 2.45) is 0 Å². The van der Waals surface area contributed by atoms with Crippen molar-refractivity contribution in [3.63, 3.8) is 0 Å². The second kappa shape index (κ2) is 6.50. The van der Waals surface area contributed by atoms with Gasteiger partial charge in [-0.3, -0.25) is 0 Å². The summed E-state index contributed by atoms with van der Waals surface area (Å²) in [5.41, 5.74) is 0.00755. The summed E-state index contributed by atoms with van der Waals surface area (Å²) in [6, 6.07) is 6.24. The Kier molecular flexibility index (Phi) is 5.07. The minimum Gasteiger partial charge on any atom is -0.207 e. The monoisotopic (exact) mass is 365 g/mol. The third-order valence-corrected chi connectivity index (χ3v) is 5.44. The van der Waals surface area contributed by atoms with Crippen molar-refractivity contribution in [3.05, 3.63) is 63.6 Å². The molecule has 0 aliphatic rings. The fourth-order valence-corrected chi connectivity index (χ4v) is 4.31. The first-order valence-corrected chi connectivity index (χ1v) is 8.37. The van der Waals surface area contributed by atoms with Gasteiger partial charge < -0.3 is 0 Å². The maximum absolute atomic E-state index is 13.7. The minimum absolute atomic E-state index is 0.00755. The highest BCUT2D eigenvalue weighted by atomic mass is 35.5. The summed E-state index contributed by atoms with van der Waals surface area (Å²) < 4.78 is 53.6. The van der Waals surface area contributed by atoms with Crippen LogP contribution in [0.5, 0.6) is 0 Å². The van der Waals surface area contributed by atoms with Crippen molar-refractivity contribution in [1.82, 2.24) is 4.72 Å². The molecular weight excluding hydrogens is 355 g/mol. The zero-order valence-corrected chi connectivity index (χ0v) is 13.6. The third kappa shape index (κ3) is 3.57. The standard InChI is InChI=1S/C14H11Cl2F2NO2S/c1-8(10-6-5-9(17)7-13(10)18)19-22(20,21)14-11(15)3-2-4-12(14)16/h2-8,19H,1H3/t8-/m1/s1. The van der Waals surface area contributed by atoms with E-state index in [1.54, 1.807) is 0 Å². The van der Waals surface area contributed by atoms with Crippen LogP contribution in [-0.4, -0.2) is 8.42 Å². The highest BCUT2D eigenvalue weighted by Crippen LogP contribution is 2.30. The molecule has 2 aromatic rings. The van der Waals surface area contributed by atoms with E-state index in [1.807, 2.05) is 0 Å². The van der Waals surface area contributed by atoms with Gasteiger partial charge in [-0.05, 0) is 25.1 Å². The van der Waals surface area contributed by atoms with E-state index in [1.165, 1.54) is 31.2 Å². The molecule has 0 heterocycles. The van der Waals surface area contributed by atoms with Crippen molar-refractivity contribution in [2.75, 3.05) is 0 Å². The van der Waals surface area contributed by atoms with Crippen LogP contribution in [0.15, 0.2) is 41.3 Å². The maximum atomic E-state index is 13.7. The summed E-state index contributed by atoms with van der Waals surface area (Å²) >= 11 is 11.7. The van der Waals surface area contributed by atoms with Crippen LogP contribution in [0.4, 0.5) is 8.78 Å². The molecule has 0 unspecified atom stereocenters. The van der Waals surface area contributed by atoms with Crippen LogP contribution in [0.25, 0.3) is 0 Å². The smallest absolute Gasteiger partial charge is 0.207 e. The SMILES string of the molecule is C[C@@H](NS(=O)(=O)c1c(Cl)cccc1Cl)c1ccc(F)cc1F. The zero-order chi connectivity index (χ0) is 16.5. The molecule has 3 nitrogen and oxygen atoms in total. The fraction of sp³-hybridized carbons (Fsp3) is 0.143. The summed E-state index contributed by atoms with van der Waals surface area (Å²) in [7, 11) is -4.07. The Morgan fingerprint density at radius 1 is 1.09 bits per heavy atom. The van der Waals surface area contributed by atoms with Crippen LogP contribution >= 0.6 is 23.2 Å². The highest BCUT2D eigenvalue weighted by molar-refractivity contribution is 7.89. The molecule has 1 N–H and O–H groups in total. The number of hydrogen-bond acceptors (Lipinski definition) is 2. The number of benzene rings is 2. The van der Waals surface area contributed by atoms with E-state index in [0.29, 0.717) is 6.07 Å². The van der Waals surface area contributed by atoms with Crippen LogP contribution in [0.1, 0.15) is 18.5 Å². The van der Waals surface area contributed by atoms with Crippen LogP contribution in [0.2, 0.25) is 10.0 Å². The van der Waals surface area contributed by atoms with Crippen molar-refractivity contribution < 1.29 is 17.2 Å². The summed E-state index contributed by atoms with van der Waals surface area (Å²) in [6.45, 7) is 1.43. The molecule has 22 heavy (non-hydrogen) atoms. The Labute approximate surface area is 136 Å². The number of nitrogens with one attached hydrogen (secondary N) is 1. The van der Waals surface area contributed by atoms with Crippen molar-refractivity contribution >= 4 is 33.2 Å². The third-order valence-electron chi connectivity index (χ3n) is 2.95. The molecule has 1 atom stereocenters. The summed E-state index contributed by atoms with van der Waals surface area (Å²) in [6.07, 6.45) is 0. The summed E-state index contributed by atoms with van der Waals surface area (Å²) in [5, 5.41) is -0.0986. The van der Waals surface area contributed by atoms with Gasteiger partial charge in [-0.2, -0.15) is 0 Å². The van der Waals surface area contributed by atoms with Gasteiger partial charge in [-0.25, -0.2) is 21.9 Å². The molecule has 2 aromatic carbocycles. The Morgan fingerprint density at radius 3 is 2.23 bits per heavy atom. The van der Waals surface area contributed by atoms with Crippen molar-refractivity contribution in [3.8, 4) is 0 Å². The first kappa shape index (κ1) is 17.1. The van der Waals surface area contributed by atoms with Gasteiger partial charge in [0, 0.05) is 17.7 Å². The number of hydrogen-bond donors (Lipinski definition) is 1. The molecule has 0 fully saturated rings. The molecule has 8 heteroatoms. The van der Waals surface area contributed by atoms with Crippen LogP contribution in [-0.2, 0) is 10.0 Å². The van der Waals surface area contributed by atoms with E-state index in [-0.39, 0.29) is 20.5 Å². The Hall–Kier alpha value is -1.21. The van der Waals surface area contributed by atoms with Gasteiger partial charge >= 0.3 is 0 Å². The summed E-state index contributed by atoms with van der Waals surface area (Å²) in [4.78, 5) is -0.285. The molecule has 0 bridgehead atoms. The molecule has 0 amide bonds. The van der Waals surface area contributed by atoms with Crippen molar-refractivity contribution in [2.45, 2.75) is 17.9 Å². The van der Waals surface area contributed by atoms with Gasteiger partial charge in [0.25, 0.3) is 0 Å². The second-order valence-electron chi connectivity index (χ2n) is 4.56. The minimum atomic E-state index is -4.07. The second-order valence-corrected chi connectivity index (χ2v) is 7.02. The molecule has 0 spiro atoms. The number of halogens is 4. The molecule has 0 saturated heterocycles. The first-order valence-electron chi connectivity index (χ1n) is 6.13. The largest absolute Gasteiger partial charge is 0.244 e. The molecule has 118 valence electrons. The lowest BCUT2D eigenvalue weighted by atomic mass is 10.1. The van der Waals surface area contributed by atoms with Crippen molar-refractivity contribution in [1.29, 1.82) is 0 Å². The maximum Gasteiger partial charge on any atom is 0.244 e. The van der Waals surface area contributed by atoms with Crippen LogP contribution < -0.4 is 4.72 Å². The van der Waals surface area contributed by atoms with Gasteiger partial charge in [0.1, 0.15) is 16.5 Å². The number of rotatable bonds is 4. The lowest BCUT2D eigenvalue weighted by Crippen LogP contribution is -2.28. The zero-order valence-electron chi connectivity index (χ0n) is 11.3. The van der Waals surface area contributed by atoms with Gasteiger partial charge in [0.2, 0.25) is 10.0 Å². The van der Waals surface area contributed by atoms with E-state index < -0.39 is 27.7 Å². The quantitative estimate of drug-likeness (QED) is 0.877. The predicted molar refractivity (Wildman–Crippen MR) is 81.6 cm³/mol. The molecule has 0 radical (unpaired) electrons. The average molecular weight is 366 g/mol. The van der Waals surface area contributed by atoms with E-state index >= 15 is 0 Å². The van der Waals surface area contributed by atoms with E-state index in [4.69, 9.17) is 23.2 Å². The van der Waals surface area contributed by atoms with Crippen LogP contribution in [0, 0.1) is 11.6 Å². The molecule has 2 rings (SSSR count). The van der Waals surface area contributed by atoms with E-state index in [2.05, 4.69) is 4.72 Å². The van der Waals surface area contributed by atoms with E-state index in [9.17, 15) is 17.2 Å². The van der Waals surface area contributed by atoms with Gasteiger partial charge in [-0.15, -0.1) is 0 Å². The molecule has 0 aliphatic carbocycles. The van der Waals surface area contributed by atoms with Gasteiger partial charge in [-0.1, -0.05) is 35.3 Å². The molecule has 0 saturated carbocycles. The predicted octanol–water partition coefficient (Wildman–Crippen LogP) is 4.31. The Morgan fingerprint density at radius 2 is 1.68 bits per heavy atom. The lowest BCUT2D eigenvalue weighted by Gasteiger charge is -2.16.